The summed E-state index contributed by atoms with van der Waals surface area (Å²) in [6, 6.07) is 6.64. The Kier molecular flexibility index (Phi) is 8.72. The van der Waals surface area contributed by atoms with E-state index in [0.717, 1.165) is 11.1 Å². The second kappa shape index (κ2) is 11.5. The number of fused-ring (bicyclic) bond motifs is 2. The van der Waals surface area contributed by atoms with Gasteiger partial charge in [0, 0.05) is 34.6 Å². The highest BCUT2D eigenvalue weighted by Crippen LogP contribution is 2.30. The minimum Gasteiger partial charge on any atom is -0.467 e. The summed E-state index contributed by atoms with van der Waals surface area (Å²) in [5, 5.41) is 1.47. The summed E-state index contributed by atoms with van der Waals surface area (Å²) in [6.45, 7) is 16.3. The van der Waals surface area contributed by atoms with Crippen LogP contribution in [0.5, 0.6) is 0 Å². The molecular weight excluding hydrogens is 512 g/mol. The highest BCUT2D eigenvalue weighted by atomic mass is 16.6. The van der Waals surface area contributed by atoms with Gasteiger partial charge in [0.1, 0.15) is 28.5 Å². The highest BCUT2D eigenvalue weighted by Gasteiger charge is 2.29. The van der Waals surface area contributed by atoms with Crippen LogP contribution in [0.25, 0.3) is 22.1 Å². The highest BCUT2D eigenvalue weighted by molar-refractivity contribution is 6.06. The van der Waals surface area contributed by atoms with E-state index in [-0.39, 0.29) is 5.97 Å². The number of rotatable bonds is 4. The molecule has 4 heterocycles. The molecule has 0 fully saturated rings. The summed E-state index contributed by atoms with van der Waals surface area (Å²) in [6.07, 6.45) is 3.32. The van der Waals surface area contributed by atoms with Crippen LogP contribution in [0, 0.1) is 13.8 Å². The number of hydrogen-bond donors (Lipinski definition) is 1. The first-order valence-corrected chi connectivity index (χ1v) is 13.0. The van der Waals surface area contributed by atoms with E-state index in [4.69, 9.17) is 14.2 Å². The Hall–Kier alpha value is -4.21. The molecule has 1 atom stereocenters. The van der Waals surface area contributed by atoms with Crippen LogP contribution in [0.3, 0.4) is 0 Å². The van der Waals surface area contributed by atoms with Gasteiger partial charge in [0.15, 0.2) is 0 Å². The molecule has 4 aromatic heterocycles. The fourth-order valence-corrected chi connectivity index (χ4v) is 4.34. The Morgan fingerprint density at radius 1 is 0.850 bits per heavy atom. The maximum atomic E-state index is 12.6. The molecule has 4 rings (SSSR count). The summed E-state index contributed by atoms with van der Waals surface area (Å²) in [7, 11) is 1.34. The van der Waals surface area contributed by atoms with Crippen molar-refractivity contribution >= 4 is 40.0 Å². The predicted octanol–water partition coefficient (Wildman–Crippen LogP) is 5.86. The van der Waals surface area contributed by atoms with E-state index in [1.54, 1.807) is 42.9 Å². The van der Waals surface area contributed by atoms with Gasteiger partial charge < -0.3 is 23.8 Å². The van der Waals surface area contributed by atoms with Crippen LogP contribution in [-0.2, 0) is 19.0 Å². The molecule has 0 saturated heterocycles. The number of aryl methyl sites for hydroxylation is 1. The predicted molar refractivity (Wildman–Crippen MR) is 152 cm³/mol. The normalized spacial score (nSPS) is 12.4. The molecule has 10 heteroatoms. The average molecular weight is 551 g/mol. The third-order valence-corrected chi connectivity index (χ3v) is 5.90. The molecule has 214 valence electrons. The van der Waals surface area contributed by atoms with Gasteiger partial charge in [0.2, 0.25) is 0 Å². The summed E-state index contributed by atoms with van der Waals surface area (Å²) in [5.74, 6) is -1.13. The lowest BCUT2D eigenvalue weighted by atomic mass is 10.1. The minimum atomic E-state index is -0.603. The van der Waals surface area contributed by atoms with Gasteiger partial charge in [-0.3, -0.25) is 0 Å². The van der Waals surface area contributed by atoms with E-state index in [1.165, 1.54) is 7.11 Å². The second-order valence-corrected chi connectivity index (χ2v) is 11.4. The Balaban J connectivity index is 0.000000230. The molecule has 0 aliphatic heterocycles. The number of esters is 3. The number of H-pyrrole nitrogens is 1. The number of methoxy groups -OCH3 is 1. The van der Waals surface area contributed by atoms with Crippen molar-refractivity contribution in [3.8, 4) is 0 Å². The molecule has 1 N–H and O–H groups in total. The summed E-state index contributed by atoms with van der Waals surface area (Å²) in [4.78, 5) is 48.2. The third-order valence-electron chi connectivity index (χ3n) is 5.90. The van der Waals surface area contributed by atoms with Gasteiger partial charge in [0.05, 0.1) is 18.2 Å². The van der Waals surface area contributed by atoms with E-state index in [2.05, 4.69) is 15.0 Å². The number of nitrogens with one attached hydrogen (secondary N) is 1. The Bertz CT molecular complexity index is 1550. The van der Waals surface area contributed by atoms with Crippen LogP contribution < -0.4 is 0 Å². The summed E-state index contributed by atoms with van der Waals surface area (Å²) >= 11 is 0. The SMILES string of the molecule is COC(=O)C(C)n1c(C)c(C(=O)OC(C)(C)C)c2cccnc21.Cc1[nH]c2ncccc2c1C(=O)OC(C)(C)C. The van der Waals surface area contributed by atoms with Crippen LogP contribution >= 0.6 is 0 Å². The fraction of sp³-hybridized carbons (Fsp3) is 0.433. The fourth-order valence-electron chi connectivity index (χ4n) is 4.34. The van der Waals surface area contributed by atoms with Crippen molar-refractivity contribution < 1.29 is 28.6 Å². The van der Waals surface area contributed by atoms with E-state index < -0.39 is 29.2 Å². The molecule has 0 saturated carbocycles. The lowest BCUT2D eigenvalue weighted by Gasteiger charge is -2.20. The molecular formula is C30H38N4O6. The maximum Gasteiger partial charge on any atom is 0.341 e. The van der Waals surface area contributed by atoms with Crippen LogP contribution in [0.4, 0.5) is 0 Å². The zero-order chi connectivity index (χ0) is 30.0. The minimum absolute atomic E-state index is 0.311. The third kappa shape index (κ3) is 6.67. The van der Waals surface area contributed by atoms with Gasteiger partial charge in [-0.1, -0.05) is 0 Å². The smallest absolute Gasteiger partial charge is 0.341 e. The van der Waals surface area contributed by atoms with Crippen molar-refractivity contribution in [2.75, 3.05) is 7.11 Å². The zero-order valence-corrected chi connectivity index (χ0v) is 24.8. The van der Waals surface area contributed by atoms with Gasteiger partial charge in [-0.2, -0.15) is 0 Å². The molecule has 0 amide bonds. The first-order chi connectivity index (χ1) is 18.6. The number of carbonyl (C=O) groups is 3. The van der Waals surface area contributed by atoms with Crippen molar-refractivity contribution in [3.05, 3.63) is 59.2 Å². The molecule has 10 nitrogen and oxygen atoms in total. The number of ether oxygens (including phenoxy) is 3. The van der Waals surface area contributed by atoms with Crippen LogP contribution in [-0.4, -0.2) is 55.7 Å². The van der Waals surface area contributed by atoms with Crippen molar-refractivity contribution in [2.24, 2.45) is 0 Å². The van der Waals surface area contributed by atoms with Crippen molar-refractivity contribution in [3.63, 3.8) is 0 Å². The number of pyridine rings is 2. The van der Waals surface area contributed by atoms with Gasteiger partial charge in [-0.05, 0) is 86.6 Å². The Morgan fingerprint density at radius 3 is 1.93 bits per heavy atom. The van der Waals surface area contributed by atoms with Crippen molar-refractivity contribution in [1.82, 2.24) is 19.5 Å². The second-order valence-electron chi connectivity index (χ2n) is 11.4. The van der Waals surface area contributed by atoms with Crippen molar-refractivity contribution in [1.29, 1.82) is 0 Å². The standard InChI is InChI=1S/C17H22N2O4.C13H16N2O2/c1-10-13(16(21)23-17(3,4)5)12-8-7-9-18-14(12)19(10)11(2)15(20)22-6;1-8-10(12(16)17-13(2,3)4)9-6-5-7-14-11(9)15-8/h7-9,11H,1-6H3;5-7H,1-4H3,(H,14,15). The van der Waals surface area contributed by atoms with Crippen LogP contribution in [0.2, 0.25) is 0 Å². The van der Waals surface area contributed by atoms with Crippen LogP contribution in [0.1, 0.15) is 86.6 Å². The number of aromatic amines is 1. The molecule has 0 spiro atoms. The maximum absolute atomic E-state index is 12.6. The van der Waals surface area contributed by atoms with Gasteiger partial charge in [-0.15, -0.1) is 0 Å². The van der Waals surface area contributed by atoms with Crippen molar-refractivity contribution in [2.45, 2.75) is 79.6 Å². The first-order valence-electron chi connectivity index (χ1n) is 13.0. The van der Waals surface area contributed by atoms with Gasteiger partial charge in [0.25, 0.3) is 0 Å². The molecule has 0 aromatic carbocycles. The number of hydrogen-bond acceptors (Lipinski definition) is 8. The molecule has 0 aliphatic rings. The van der Waals surface area contributed by atoms with E-state index in [0.29, 0.717) is 33.5 Å². The van der Waals surface area contributed by atoms with Gasteiger partial charge >= 0.3 is 17.9 Å². The summed E-state index contributed by atoms with van der Waals surface area (Å²) < 4.78 is 17.4. The molecule has 0 bridgehead atoms. The molecule has 1 unspecified atom stereocenters. The molecule has 40 heavy (non-hydrogen) atoms. The Morgan fingerprint density at radius 2 is 1.38 bits per heavy atom. The van der Waals surface area contributed by atoms with E-state index in [9.17, 15) is 14.4 Å². The largest absolute Gasteiger partial charge is 0.467 e. The number of carbonyl (C=O) groups excluding carboxylic acids is 3. The quantitative estimate of drug-likeness (QED) is 0.247. The lowest BCUT2D eigenvalue weighted by molar-refractivity contribution is -0.144. The van der Waals surface area contributed by atoms with E-state index in [1.807, 2.05) is 60.6 Å². The molecule has 4 aromatic rings. The lowest BCUT2D eigenvalue weighted by Crippen LogP contribution is -2.24. The number of aromatic nitrogens is 4. The van der Waals surface area contributed by atoms with Crippen LogP contribution in [0.15, 0.2) is 36.7 Å². The molecule has 0 radical (unpaired) electrons. The van der Waals surface area contributed by atoms with E-state index >= 15 is 0 Å². The Labute approximate surface area is 234 Å². The summed E-state index contributed by atoms with van der Waals surface area (Å²) in [5.41, 5.74) is 2.60. The average Bonchev–Trinajstić information content (AvgIpc) is 3.33. The topological polar surface area (TPSA) is 125 Å². The molecule has 0 aliphatic carbocycles. The number of nitrogens with zero attached hydrogens (tertiary/aromatic N) is 3. The van der Waals surface area contributed by atoms with Gasteiger partial charge in [-0.25, -0.2) is 24.4 Å². The first kappa shape index (κ1) is 30.3. The monoisotopic (exact) mass is 550 g/mol. The zero-order valence-electron chi connectivity index (χ0n) is 24.8.